The molecule has 0 N–H and O–H groups in total. The van der Waals surface area contributed by atoms with Crippen molar-refractivity contribution in [1.29, 1.82) is 0 Å². The number of hydrogen-bond donors (Lipinski definition) is 0. The van der Waals surface area contributed by atoms with Crippen molar-refractivity contribution in [1.82, 2.24) is 14.8 Å². The van der Waals surface area contributed by atoms with Gasteiger partial charge in [0.1, 0.15) is 0 Å². The Morgan fingerprint density at radius 1 is 1.28 bits per heavy atom. The predicted octanol–water partition coefficient (Wildman–Crippen LogP) is 3.91. The van der Waals surface area contributed by atoms with Crippen molar-refractivity contribution in [3.8, 4) is 11.4 Å². The molecule has 2 rings (SSSR count). The summed E-state index contributed by atoms with van der Waals surface area (Å²) in [5.41, 5.74) is 1.05. The second-order valence-electron chi connectivity index (χ2n) is 4.05. The highest BCUT2D eigenvalue weighted by Crippen LogP contribution is 2.28. The third-order valence-corrected chi connectivity index (χ3v) is 3.86. The van der Waals surface area contributed by atoms with Crippen molar-refractivity contribution in [2.75, 3.05) is 12.0 Å². The SMILES string of the molecule is CCC(CSC)n1c(Cl)nnc1-c1ccccc1. The Morgan fingerprint density at radius 3 is 2.61 bits per heavy atom. The summed E-state index contributed by atoms with van der Waals surface area (Å²) in [5.74, 6) is 1.86. The topological polar surface area (TPSA) is 30.7 Å². The van der Waals surface area contributed by atoms with E-state index in [2.05, 4.69) is 23.4 Å². The van der Waals surface area contributed by atoms with Gasteiger partial charge in [0, 0.05) is 17.4 Å². The number of aromatic nitrogens is 3. The van der Waals surface area contributed by atoms with Crippen LogP contribution in [-0.4, -0.2) is 26.8 Å². The summed E-state index contributed by atoms with van der Waals surface area (Å²) in [6, 6.07) is 10.4. The quantitative estimate of drug-likeness (QED) is 0.832. The van der Waals surface area contributed by atoms with Gasteiger partial charge in [-0.1, -0.05) is 37.3 Å². The molecule has 1 aromatic carbocycles. The Bertz CT molecular complexity index is 498. The van der Waals surface area contributed by atoms with Gasteiger partial charge in [0.25, 0.3) is 0 Å². The Labute approximate surface area is 117 Å². The first-order valence-corrected chi connectivity index (χ1v) is 7.69. The molecule has 0 fully saturated rings. The molecule has 1 atom stereocenters. The average Bonchev–Trinajstić information content (AvgIpc) is 2.79. The summed E-state index contributed by atoms with van der Waals surface area (Å²) in [7, 11) is 0. The van der Waals surface area contributed by atoms with E-state index in [4.69, 9.17) is 11.6 Å². The molecule has 96 valence electrons. The summed E-state index contributed by atoms with van der Waals surface area (Å²) in [6.45, 7) is 2.16. The lowest BCUT2D eigenvalue weighted by molar-refractivity contribution is 0.543. The fourth-order valence-corrected chi connectivity index (χ4v) is 2.97. The maximum atomic E-state index is 6.18. The molecule has 0 amide bonds. The lowest BCUT2D eigenvalue weighted by Gasteiger charge is -2.18. The molecule has 3 nitrogen and oxygen atoms in total. The van der Waals surface area contributed by atoms with Crippen molar-refractivity contribution < 1.29 is 0 Å². The first kappa shape index (κ1) is 13.4. The van der Waals surface area contributed by atoms with Crippen molar-refractivity contribution in [2.45, 2.75) is 19.4 Å². The summed E-state index contributed by atoms with van der Waals surface area (Å²) in [5, 5.41) is 8.69. The molecule has 0 saturated carbocycles. The van der Waals surface area contributed by atoms with Gasteiger partial charge in [0.15, 0.2) is 5.82 Å². The molecule has 0 spiro atoms. The molecule has 1 heterocycles. The van der Waals surface area contributed by atoms with Crippen LogP contribution in [0.25, 0.3) is 11.4 Å². The number of hydrogen-bond acceptors (Lipinski definition) is 3. The summed E-state index contributed by atoms with van der Waals surface area (Å²) >= 11 is 7.99. The molecule has 2 aromatic rings. The fourth-order valence-electron chi connectivity index (χ4n) is 1.95. The standard InChI is InChI=1S/C13H16ClN3S/c1-3-11(9-18-2)17-12(15-16-13(17)14)10-7-5-4-6-8-10/h4-8,11H,3,9H2,1-2H3. The van der Waals surface area contributed by atoms with E-state index in [0.717, 1.165) is 23.6 Å². The summed E-state index contributed by atoms with van der Waals surface area (Å²) in [4.78, 5) is 0. The van der Waals surface area contributed by atoms with Crippen molar-refractivity contribution in [2.24, 2.45) is 0 Å². The zero-order valence-electron chi connectivity index (χ0n) is 10.5. The lowest BCUT2D eigenvalue weighted by Crippen LogP contribution is -2.12. The van der Waals surface area contributed by atoms with Crippen LogP contribution in [0.15, 0.2) is 30.3 Å². The highest BCUT2D eigenvalue weighted by molar-refractivity contribution is 7.98. The number of rotatable bonds is 5. The molecule has 0 aliphatic rings. The van der Waals surface area contributed by atoms with Gasteiger partial charge in [-0.2, -0.15) is 11.8 Å². The van der Waals surface area contributed by atoms with Gasteiger partial charge in [0.05, 0.1) is 0 Å². The van der Waals surface area contributed by atoms with Crippen LogP contribution in [0, 0.1) is 0 Å². The normalized spacial score (nSPS) is 12.6. The molecule has 0 aliphatic carbocycles. The van der Waals surface area contributed by atoms with Gasteiger partial charge in [-0.3, -0.25) is 4.57 Å². The number of benzene rings is 1. The van der Waals surface area contributed by atoms with Gasteiger partial charge in [-0.25, -0.2) is 0 Å². The minimum atomic E-state index is 0.331. The van der Waals surface area contributed by atoms with E-state index < -0.39 is 0 Å². The highest BCUT2D eigenvalue weighted by atomic mass is 35.5. The lowest BCUT2D eigenvalue weighted by atomic mass is 10.2. The maximum absolute atomic E-state index is 6.18. The van der Waals surface area contributed by atoms with Crippen LogP contribution in [-0.2, 0) is 0 Å². The number of thioether (sulfide) groups is 1. The van der Waals surface area contributed by atoms with E-state index in [1.807, 2.05) is 46.7 Å². The first-order valence-electron chi connectivity index (χ1n) is 5.92. The van der Waals surface area contributed by atoms with E-state index in [9.17, 15) is 0 Å². The molecule has 18 heavy (non-hydrogen) atoms. The smallest absolute Gasteiger partial charge is 0.225 e. The van der Waals surface area contributed by atoms with Crippen LogP contribution in [0.4, 0.5) is 0 Å². The van der Waals surface area contributed by atoms with Crippen LogP contribution < -0.4 is 0 Å². The largest absolute Gasteiger partial charge is 0.294 e. The van der Waals surface area contributed by atoms with Crippen molar-refractivity contribution in [3.63, 3.8) is 0 Å². The van der Waals surface area contributed by atoms with E-state index in [1.54, 1.807) is 0 Å². The molecule has 1 unspecified atom stereocenters. The van der Waals surface area contributed by atoms with Crippen LogP contribution in [0.1, 0.15) is 19.4 Å². The Morgan fingerprint density at radius 2 is 2.00 bits per heavy atom. The third-order valence-electron chi connectivity index (χ3n) is 2.88. The van der Waals surface area contributed by atoms with E-state index in [0.29, 0.717) is 11.3 Å². The minimum absolute atomic E-state index is 0.331. The van der Waals surface area contributed by atoms with Gasteiger partial charge in [-0.05, 0) is 24.3 Å². The van der Waals surface area contributed by atoms with Crippen LogP contribution >= 0.6 is 23.4 Å². The monoisotopic (exact) mass is 281 g/mol. The average molecular weight is 282 g/mol. The third kappa shape index (κ3) is 2.70. The minimum Gasteiger partial charge on any atom is -0.294 e. The molecule has 1 aromatic heterocycles. The predicted molar refractivity (Wildman–Crippen MR) is 78.2 cm³/mol. The Kier molecular flexibility index (Phi) is 4.66. The number of nitrogens with zero attached hydrogens (tertiary/aromatic N) is 3. The van der Waals surface area contributed by atoms with E-state index >= 15 is 0 Å². The van der Waals surface area contributed by atoms with Crippen molar-refractivity contribution >= 4 is 23.4 Å². The second-order valence-corrected chi connectivity index (χ2v) is 5.29. The number of halogens is 1. The second kappa shape index (κ2) is 6.25. The summed E-state index contributed by atoms with van der Waals surface area (Å²) < 4.78 is 2.04. The molecular formula is C13H16ClN3S. The van der Waals surface area contributed by atoms with Gasteiger partial charge in [-0.15, -0.1) is 10.2 Å². The molecule has 5 heteroatoms. The van der Waals surface area contributed by atoms with Gasteiger partial charge >= 0.3 is 0 Å². The van der Waals surface area contributed by atoms with Gasteiger partial charge < -0.3 is 0 Å². The van der Waals surface area contributed by atoms with Gasteiger partial charge in [0.2, 0.25) is 5.28 Å². The zero-order chi connectivity index (χ0) is 13.0. The van der Waals surface area contributed by atoms with E-state index in [-0.39, 0.29) is 0 Å². The van der Waals surface area contributed by atoms with Crippen LogP contribution in [0.3, 0.4) is 0 Å². The highest BCUT2D eigenvalue weighted by Gasteiger charge is 2.18. The van der Waals surface area contributed by atoms with Crippen LogP contribution in [0.5, 0.6) is 0 Å². The first-order chi connectivity index (χ1) is 8.77. The van der Waals surface area contributed by atoms with Crippen LogP contribution in [0.2, 0.25) is 5.28 Å². The molecule has 0 saturated heterocycles. The molecule has 0 aliphatic heterocycles. The fraction of sp³-hybridized carbons (Fsp3) is 0.385. The van der Waals surface area contributed by atoms with E-state index in [1.165, 1.54) is 0 Å². The molecule has 0 radical (unpaired) electrons. The Balaban J connectivity index is 2.44. The summed E-state index contributed by atoms with van der Waals surface area (Å²) in [6.07, 6.45) is 3.11. The molecule has 0 bridgehead atoms. The maximum Gasteiger partial charge on any atom is 0.225 e. The Hall–Kier alpha value is -1.00. The zero-order valence-corrected chi connectivity index (χ0v) is 12.1. The van der Waals surface area contributed by atoms with Crippen molar-refractivity contribution in [3.05, 3.63) is 35.6 Å². The molecular weight excluding hydrogens is 266 g/mol.